The number of hydrogen-bond donors (Lipinski definition) is 2. The van der Waals surface area contributed by atoms with Crippen molar-refractivity contribution in [3.8, 4) is 5.69 Å². The summed E-state index contributed by atoms with van der Waals surface area (Å²) in [7, 11) is 0. The van der Waals surface area contributed by atoms with E-state index in [1.165, 1.54) is 0 Å². The third-order valence-electron chi connectivity index (χ3n) is 3.54. The van der Waals surface area contributed by atoms with Crippen LogP contribution in [0.1, 0.15) is 16.2 Å². The van der Waals surface area contributed by atoms with Gasteiger partial charge in [-0.05, 0) is 25.1 Å². The molecule has 0 aliphatic carbocycles. The molecule has 0 atom stereocenters. The van der Waals surface area contributed by atoms with Gasteiger partial charge in [0.1, 0.15) is 0 Å². The lowest BCUT2D eigenvalue weighted by molar-refractivity contribution is 0.0937. The lowest BCUT2D eigenvalue weighted by Crippen LogP contribution is -2.48. The van der Waals surface area contributed by atoms with Crippen molar-refractivity contribution in [3.05, 3.63) is 47.8 Å². The highest BCUT2D eigenvalue weighted by molar-refractivity contribution is 5.92. The summed E-state index contributed by atoms with van der Waals surface area (Å²) in [6, 6.07) is 11.6. The molecule has 0 radical (unpaired) electrons. The van der Waals surface area contributed by atoms with E-state index in [9.17, 15) is 4.79 Å². The summed E-state index contributed by atoms with van der Waals surface area (Å²) in [6.07, 6.45) is 0. The van der Waals surface area contributed by atoms with Gasteiger partial charge < -0.3 is 10.6 Å². The largest absolute Gasteiger partial charge is 0.350 e. The summed E-state index contributed by atoms with van der Waals surface area (Å²) in [6.45, 7) is 4.63. The Morgan fingerprint density at radius 2 is 2.15 bits per heavy atom. The number of nitrogens with one attached hydrogen (secondary N) is 2. The van der Waals surface area contributed by atoms with E-state index in [0.29, 0.717) is 18.2 Å². The first-order valence-electron chi connectivity index (χ1n) is 6.85. The summed E-state index contributed by atoms with van der Waals surface area (Å²) >= 11 is 0. The zero-order valence-corrected chi connectivity index (χ0v) is 11.5. The van der Waals surface area contributed by atoms with E-state index < -0.39 is 0 Å². The number of amides is 1. The van der Waals surface area contributed by atoms with E-state index in [2.05, 4.69) is 15.7 Å². The Balaban J connectivity index is 1.72. The SMILES string of the molecule is Cc1cc(C(=O)NCC2CNC2)nn1-c1ccccc1. The number of para-hydroxylation sites is 1. The zero-order chi connectivity index (χ0) is 13.9. The molecular weight excluding hydrogens is 252 g/mol. The van der Waals surface area contributed by atoms with Crippen LogP contribution in [0.15, 0.2) is 36.4 Å². The predicted molar refractivity (Wildman–Crippen MR) is 77.0 cm³/mol. The number of aromatic nitrogens is 2. The lowest BCUT2D eigenvalue weighted by Gasteiger charge is -2.26. The van der Waals surface area contributed by atoms with Gasteiger partial charge in [0.15, 0.2) is 5.69 Å². The quantitative estimate of drug-likeness (QED) is 0.875. The molecule has 1 aromatic carbocycles. The zero-order valence-electron chi connectivity index (χ0n) is 11.5. The highest BCUT2D eigenvalue weighted by Crippen LogP contribution is 2.11. The summed E-state index contributed by atoms with van der Waals surface area (Å²) in [5.41, 5.74) is 2.39. The van der Waals surface area contributed by atoms with Crippen LogP contribution in [0.25, 0.3) is 5.69 Å². The van der Waals surface area contributed by atoms with Gasteiger partial charge in [-0.15, -0.1) is 0 Å². The molecule has 1 aromatic heterocycles. The van der Waals surface area contributed by atoms with Gasteiger partial charge in [0.25, 0.3) is 5.91 Å². The van der Waals surface area contributed by atoms with Gasteiger partial charge in [-0.2, -0.15) is 5.10 Å². The summed E-state index contributed by atoms with van der Waals surface area (Å²) in [4.78, 5) is 12.1. The molecule has 3 rings (SSSR count). The highest BCUT2D eigenvalue weighted by Gasteiger charge is 2.19. The van der Waals surface area contributed by atoms with E-state index in [0.717, 1.165) is 24.5 Å². The van der Waals surface area contributed by atoms with Crippen LogP contribution in [-0.2, 0) is 0 Å². The third-order valence-corrected chi connectivity index (χ3v) is 3.54. The van der Waals surface area contributed by atoms with Crippen LogP contribution < -0.4 is 10.6 Å². The first-order chi connectivity index (χ1) is 9.74. The van der Waals surface area contributed by atoms with Crippen molar-refractivity contribution >= 4 is 5.91 Å². The fourth-order valence-corrected chi connectivity index (χ4v) is 2.24. The lowest BCUT2D eigenvalue weighted by atomic mass is 10.0. The Hall–Kier alpha value is -2.14. The Bertz CT molecular complexity index is 602. The molecule has 5 heteroatoms. The average molecular weight is 270 g/mol. The van der Waals surface area contributed by atoms with Crippen molar-refractivity contribution in [1.82, 2.24) is 20.4 Å². The van der Waals surface area contributed by atoms with Gasteiger partial charge in [0.2, 0.25) is 0 Å². The van der Waals surface area contributed by atoms with Crippen molar-refractivity contribution < 1.29 is 4.79 Å². The van der Waals surface area contributed by atoms with E-state index in [4.69, 9.17) is 0 Å². The monoisotopic (exact) mass is 270 g/mol. The predicted octanol–water partition coefficient (Wildman–Crippen LogP) is 1.13. The molecule has 1 saturated heterocycles. The van der Waals surface area contributed by atoms with Crippen LogP contribution in [0.5, 0.6) is 0 Å². The van der Waals surface area contributed by atoms with Gasteiger partial charge in [0.05, 0.1) is 5.69 Å². The normalized spacial score (nSPS) is 14.8. The van der Waals surface area contributed by atoms with Crippen LogP contribution in [0.3, 0.4) is 0 Å². The Morgan fingerprint density at radius 1 is 1.40 bits per heavy atom. The molecule has 20 heavy (non-hydrogen) atoms. The minimum absolute atomic E-state index is 0.102. The molecule has 0 unspecified atom stereocenters. The van der Waals surface area contributed by atoms with Gasteiger partial charge in [-0.3, -0.25) is 4.79 Å². The van der Waals surface area contributed by atoms with Gasteiger partial charge in [-0.25, -0.2) is 4.68 Å². The van der Waals surface area contributed by atoms with Crippen molar-refractivity contribution in [1.29, 1.82) is 0 Å². The first-order valence-corrected chi connectivity index (χ1v) is 6.85. The first kappa shape index (κ1) is 12.9. The summed E-state index contributed by atoms with van der Waals surface area (Å²) < 4.78 is 1.79. The Morgan fingerprint density at radius 3 is 2.80 bits per heavy atom. The number of nitrogens with zero attached hydrogens (tertiary/aromatic N) is 2. The van der Waals surface area contributed by atoms with Crippen LogP contribution in [0.2, 0.25) is 0 Å². The molecule has 104 valence electrons. The van der Waals surface area contributed by atoms with Crippen molar-refractivity contribution in [3.63, 3.8) is 0 Å². The summed E-state index contributed by atoms with van der Waals surface area (Å²) in [5.74, 6) is 0.450. The van der Waals surface area contributed by atoms with Crippen LogP contribution in [-0.4, -0.2) is 35.3 Å². The molecule has 1 fully saturated rings. The minimum atomic E-state index is -0.102. The van der Waals surface area contributed by atoms with E-state index >= 15 is 0 Å². The number of benzene rings is 1. The maximum absolute atomic E-state index is 12.1. The third kappa shape index (κ3) is 2.58. The Labute approximate surface area is 118 Å². The van der Waals surface area contributed by atoms with Crippen molar-refractivity contribution in [2.24, 2.45) is 5.92 Å². The molecule has 0 saturated carbocycles. The number of aryl methyl sites for hydroxylation is 1. The molecule has 2 N–H and O–H groups in total. The van der Waals surface area contributed by atoms with Crippen LogP contribution in [0, 0.1) is 12.8 Å². The smallest absolute Gasteiger partial charge is 0.271 e. The standard InChI is InChI=1S/C15H18N4O/c1-11-7-14(15(20)17-10-12-8-16-9-12)18-19(11)13-5-3-2-4-6-13/h2-7,12,16H,8-10H2,1H3,(H,17,20). The molecule has 1 amide bonds. The fraction of sp³-hybridized carbons (Fsp3) is 0.333. The molecule has 1 aliphatic rings. The van der Waals surface area contributed by atoms with E-state index in [-0.39, 0.29) is 5.91 Å². The molecule has 2 heterocycles. The van der Waals surface area contributed by atoms with Crippen molar-refractivity contribution in [2.45, 2.75) is 6.92 Å². The second-order valence-corrected chi connectivity index (χ2v) is 5.15. The van der Waals surface area contributed by atoms with E-state index in [1.54, 1.807) is 4.68 Å². The maximum Gasteiger partial charge on any atom is 0.271 e. The molecular formula is C15H18N4O. The Kier molecular flexibility index (Phi) is 3.52. The van der Waals surface area contributed by atoms with Gasteiger partial charge >= 0.3 is 0 Å². The van der Waals surface area contributed by atoms with Gasteiger partial charge in [0, 0.05) is 31.2 Å². The summed E-state index contributed by atoms with van der Waals surface area (Å²) in [5, 5.41) is 10.5. The molecule has 0 bridgehead atoms. The fourth-order valence-electron chi connectivity index (χ4n) is 2.24. The van der Waals surface area contributed by atoms with E-state index in [1.807, 2.05) is 43.3 Å². The van der Waals surface area contributed by atoms with Gasteiger partial charge in [-0.1, -0.05) is 18.2 Å². The minimum Gasteiger partial charge on any atom is -0.350 e. The second-order valence-electron chi connectivity index (χ2n) is 5.15. The van der Waals surface area contributed by atoms with Crippen molar-refractivity contribution in [2.75, 3.05) is 19.6 Å². The molecule has 1 aliphatic heterocycles. The molecule has 0 spiro atoms. The highest BCUT2D eigenvalue weighted by atomic mass is 16.1. The number of carbonyl (C=O) groups is 1. The second kappa shape index (κ2) is 5.46. The topological polar surface area (TPSA) is 59.0 Å². The number of hydrogen-bond acceptors (Lipinski definition) is 3. The number of carbonyl (C=O) groups excluding carboxylic acids is 1. The van der Waals surface area contributed by atoms with Crippen LogP contribution in [0.4, 0.5) is 0 Å². The van der Waals surface area contributed by atoms with Crippen LogP contribution >= 0.6 is 0 Å². The number of rotatable bonds is 4. The maximum atomic E-state index is 12.1. The average Bonchev–Trinajstić information content (AvgIpc) is 2.80. The molecule has 2 aromatic rings. The molecule has 5 nitrogen and oxygen atoms in total.